The summed E-state index contributed by atoms with van der Waals surface area (Å²) >= 11 is 1.42. The molecule has 0 radical (unpaired) electrons. The topological polar surface area (TPSA) is 69.0 Å². The fraction of sp³-hybridized carbons (Fsp3) is 0.318. The molecule has 7 heteroatoms. The van der Waals surface area contributed by atoms with Crippen LogP contribution in [0.2, 0.25) is 0 Å². The minimum Gasteiger partial charge on any atom is -0.497 e. The number of hydrogen-bond donors (Lipinski definition) is 1. The minimum atomic E-state index is -0.448. The van der Waals surface area contributed by atoms with Crippen molar-refractivity contribution in [2.45, 2.75) is 43.1 Å². The smallest absolute Gasteiger partial charge is 0.242 e. The zero-order chi connectivity index (χ0) is 20.5. The predicted molar refractivity (Wildman–Crippen MR) is 116 cm³/mol. The predicted octanol–water partition coefficient (Wildman–Crippen LogP) is 4.95. The van der Waals surface area contributed by atoms with E-state index in [0.29, 0.717) is 11.4 Å². The molecule has 152 valence electrons. The van der Waals surface area contributed by atoms with Gasteiger partial charge in [-0.2, -0.15) is 0 Å². The Morgan fingerprint density at radius 2 is 2.00 bits per heavy atom. The number of hydrogen-bond acceptors (Lipinski definition) is 5. The Morgan fingerprint density at radius 1 is 1.17 bits per heavy atom. The molecule has 0 spiro atoms. The number of rotatable bonds is 10. The number of ether oxygens (including phenoxy) is 1. The number of aryl methyl sites for hydroxylation is 1. The van der Waals surface area contributed by atoms with Gasteiger partial charge in [-0.05, 0) is 24.1 Å². The zero-order valence-corrected chi connectivity index (χ0v) is 17.6. The zero-order valence-electron chi connectivity index (χ0n) is 16.7. The molecule has 1 heterocycles. The van der Waals surface area contributed by atoms with Gasteiger partial charge >= 0.3 is 0 Å². The molecule has 1 atom stereocenters. The van der Waals surface area contributed by atoms with Crippen LogP contribution < -0.4 is 10.1 Å². The van der Waals surface area contributed by atoms with Crippen molar-refractivity contribution in [1.82, 2.24) is 14.8 Å². The van der Waals surface area contributed by atoms with E-state index in [4.69, 9.17) is 4.74 Å². The number of carbonyl (C=O) groups excluding carboxylic acids is 1. The number of benzene rings is 2. The van der Waals surface area contributed by atoms with Crippen LogP contribution in [0.3, 0.4) is 0 Å². The number of amides is 1. The number of anilines is 1. The summed E-state index contributed by atoms with van der Waals surface area (Å²) in [5, 5.41) is 11.6. The first kappa shape index (κ1) is 20.9. The van der Waals surface area contributed by atoms with Crippen LogP contribution in [0.5, 0.6) is 5.75 Å². The molecule has 0 aliphatic rings. The van der Waals surface area contributed by atoms with Crippen LogP contribution in [0.4, 0.5) is 5.69 Å². The van der Waals surface area contributed by atoms with Crippen molar-refractivity contribution >= 4 is 23.4 Å². The fourth-order valence-corrected chi connectivity index (χ4v) is 3.97. The van der Waals surface area contributed by atoms with Crippen molar-refractivity contribution in [2.75, 3.05) is 12.4 Å². The van der Waals surface area contributed by atoms with E-state index in [0.717, 1.165) is 36.5 Å². The number of thioether (sulfide) groups is 1. The van der Waals surface area contributed by atoms with Crippen molar-refractivity contribution in [3.05, 3.63) is 66.5 Å². The highest BCUT2D eigenvalue weighted by atomic mass is 32.2. The molecule has 0 bridgehead atoms. The van der Waals surface area contributed by atoms with Crippen LogP contribution in [0.25, 0.3) is 0 Å². The summed E-state index contributed by atoms with van der Waals surface area (Å²) in [6.07, 6.45) is 5.11. The van der Waals surface area contributed by atoms with Gasteiger partial charge in [0, 0.05) is 18.3 Å². The van der Waals surface area contributed by atoms with E-state index in [9.17, 15) is 4.79 Å². The maximum Gasteiger partial charge on any atom is 0.242 e. The number of unbranched alkanes of at least 4 members (excludes halogenated alkanes) is 2. The number of methoxy groups -OCH3 is 1. The summed E-state index contributed by atoms with van der Waals surface area (Å²) in [6.45, 7) is 3.03. The minimum absolute atomic E-state index is 0.113. The second kappa shape index (κ2) is 10.7. The molecule has 2 aromatic carbocycles. The average Bonchev–Trinajstić information content (AvgIpc) is 3.20. The van der Waals surface area contributed by atoms with Crippen molar-refractivity contribution in [3.63, 3.8) is 0 Å². The molecular formula is C22H26N4O2S. The lowest BCUT2D eigenvalue weighted by molar-refractivity contribution is -0.115. The highest BCUT2D eigenvalue weighted by molar-refractivity contribution is 8.00. The first-order chi connectivity index (χ1) is 14.2. The van der Waals surface area contributed by atoms with E-state index in [2.05, 4.69) is 22.4 Å². The molecule has 0 saturated heterocycles. The second-order valence-corrected chi connectivity index (χ2v) is 7.72. The molecule has 1 aromatic heterocycles. The SMILES string of the molecule is CCCCCn1cnnc1S[C@@H](C(=O)Nc1cccc(OC)c1)c1ccccc1. The number of nitrogens with one attached hydrogen (secondary N) is 1. The third-order valence-corrected chi connectivity index (χ3v) is 5.73. The quantitative estimate of drug-likeness (QED) is 0.378. The average molecular weight is 411 g/mol. The van der Waals surface area contributed by atoms with Gasteiger partial charge in [-0.25, -0.2) is 0 Å². The van der Waals surface area contributed by atoms with Gasteiger partial charge in [-0.15, -0.1) is 10.2 Å². The van der Waals surface area contributed by atoms with Gasteiger partial charge in [0.15, 0.2) is 5.16 Å². The summed E-state index contributed by atoms with van der Waals surface area (Å²) in [4.78, 5) is 13.2. The van der Waals surface area contributed by atoms with Gasteiger partial charge in [0.25, 0.3) is 0 Å². The maximum atomic E-state index is 13.2. The van der Waals surface area contributed by atoms with Crippen LogP contribution in [-0.2, 0) is 11.3 Å². The summed E-state index contributed by atoms with van der Waals surface area (Å²) < 4.78 is 7.27. The molecule has 1 amide bonds. The van der Waals surface area contributed by atoms with E-state index in [1.807, 2.05) is 53.1 Å². The van der Waals surface area contributed by atoms with Crippen LogP contribution in [0, 0.1) is 0 Å². The van der Waals surface area contributed by atoms with Gasteiger partial charge in [-0.3, -0.25) is 4.79 Å². The lowest BCUT2D eigenvalue weighted by atomic mass is 10.1. The molecule has 0 saturated carbocycles. The second-order valence-electron chi connectivity index (χ2n) is 6.64. The Balaban J connectivity index is 1.80. The van der Waals surface area contributed by atoms with Gasteiger partial charge in [-0.1, -0.05) is 67.9 Å². The summed E-state index contributed by atoms with van der Waals surface area (Å²) in [7, 11) is 1.61. The van der Waals surface area contributed by atoms with E-state index in [1.54, 1.807) is 19.5 Å². The Kier molecular flexibility index (Phi) is 7.69. The lowest BCUT2D eigenvalue weighted by Crippen LogP contribution is -2.19. The highest BCUT2D eigenvalue weighted by Crippen LogP contribution is 2.35. The van der Waals surface area contributed by atoms with Crippen LogP contribution in [0.1, 0.15) is 37.0 Å². The number of nitrogens with zero attached hydrogens (tertiary/aromatic N) is 3. The standard InChI is InChI=1S/C22H26N4O2S/c1-3-4-8-14-26-16-23-25-22(26)29-20(17-10-6-5-7-11-17)21(27)24-18-12-9-13-19(15-18)28-2/h5-7,9-13,15-16,20H,3-4,8,14H2,1-2H3,(H,24,27)/t20-/m1/s1. The first-order valence-electron chi connectivity index (χ1n) is 9.75. The third kappa shape index (κ3) is 5.84. The van der Waals surface area contributed by atoms with Gasteiger partial charge in [0.05, 0.1) is 7.11 Å². The van der Waals surface area contributed by atoms with Gasteiger partial charge in [0.2, 0.25) is 5.91 Å². The molecule has 29 heavy (non-hydrogen) atoms. The van der Waals surface area contributed by atoms with Crippen LogP contribution >= 0.6 is 11.8 Å². The van der Waals surface area contributed by atoms with Crippen molar-refractivity contribution in [3.8, 4) is 5.75 Å². The highest BCUT2D eigenvalue weighted by Gasteiger charge is 2.24. The molecular weight excluding hydrogens is 384 g/mol. The molecule has 0 aliphatic carbocycles. The summed E-state index contributed by atoms with van der Waals surface area (Å²) in [5.41, 5.74) is 1.61. The molecule has 3 aromatic rings. The van der Waals surface area contributed by atoms with E-state index >= 15 is 0 Å². The third-order valence-electron chi connectivity index (χ3n) is 4.48. The fourth-order valence-electron chi connectivity index (χ4n) is 2.94. The largest absolute Gasteiger partial charge is 0.497 e. The van der Waals surface area contributed by atoms with Gasteiger partial charge < -0.3 is 14.6 Å². The lowest BCUT2D eigenvalue weighted by Gasteiger charge is -2.17. The van der Waals surface area contributed by atoms with Crippen molar-refractivity contribution < 1.29 is 9.53 Å². The molecule has 6 nitrogen and oxygen atoms in total. The van der Waals surface area contributed by atoms with E-state index < -0.39 is 5.25 Å². The van der Waals surface area contributed by atoms with Crippen molar-refractivity contribution in [1.29, 1.82) is 0 Å². The normalized spacial score (nSPS) is 11.8. The number of carbonyl (C=O) groups is 1. The summed E-state index contributed by atoms with van der Waals surface area (Å²) in [5.74, 6) is 0.583. The number of aromatic nitrogens is 3. The Morgan fingerprint density at radius 3 is 2.76 bits per heavy atom. The van der Waals surface area contributed by atoms with E-state index in [1.165, 1.54) is 11.8 Å². The van der Waals surface area contributed by atoms with E-state index in [-0.39, 0.29) is 5.91 Å². The van der Waals surface area contributed by atoms with Gasteiger partial charge in [0.1, 0.15) is 17.3 Å². The van der Waals surface area contributed by atoms with Crippen LogP contribution in [-0.4, -0.2) is 27.8 Å². The van der Waals surface area contributed by atoms with Crippen LogP contribution in [0.15, 0.2) is 66.1 Å². The molecule has 0 unspecified atom stereocenters. The Bertz CT molecular complexity index is 914. The summed E-state index contributed by atoms with van der Waals surface area (Å²) in [6, 6.07) is 17.1. The molecule has 1 N–H and O–H groups in total. The monoisotopic (exact) mass is 410 g/mol. The Labute approximate surface area is 175 Å². The molecule has 0 aliphatic heterocycles. The Hall–Kier alpha value is -2.80. The molecule has 3 rings (SSSR count). The first-order valence-corrected chi connectivity index (χ1v) is 10.6. The maximum absolute atomic E-state index is 13.2. The molecule has 0 fully saturated rings. The van der Waals surface area contributed by atoms with Crippen molar-refractivity contribution in [2.24, 2.45) is 0 Å².